The maximum atomic E-state index is 12.3. The van der Waals surface area contributed by atoms with Gasteiger partial charge in [0.15, 0.2) is 5.76 Å². The van der Waals surface area contributed by atoms with Crippen molar-refractivity contribution in [3.8, 4) is 11.5 Å². The van der Waals surface area contributed by atoms with Gasteiger partial charge < -0.3 is 24.5 Å². The third-order valence-electron chi connectivity index (χ3n) is 3.79. The number of furan rings is 1. The molecule has 0 fully saturated rings. The van der Waals surface area contributed by atoms with Crippen molar-refractivity contribution in [1.82, 2.24) is 0 Å². The first-order valence-electron chi connectivity index (χ1n) is 8.58. The van der Waals surface area contributed by atoms with Crippen LogP contribution in [0.4, 0.5) is 11.4 Å². The second kappa shape index (κ2) is 8.77. The van der Waals surface area contributed by atoms with Crippen LogP contribution in [0.1, 0.15) is 23.2 Å². The monoisotopic (exact) mass is 380 g/mol. The molecular formula is C21H20N2O5. The van der Waals surface area contributed by atoms with E-state index in [1.807, 2.05) is 0 Å². The maximum absolute atomic E-state index is 12.3. The molecule has 28 heavy (non-hydrogen) atoms. The minimum absolute atomic E-state index is 0.156. The molecule has 0 atom stereocenters. The first-order chi connectivity index (χ1) is 13.5. The number of hydrogen-bond acceptors (Lipinski definition) is 5. The molecule has 0 saturated carbocycles. The first-order valence-corrected chi connectivity index (χ1v) is 8.58. The molecule has 7 nitrogen and oxygen atoms in total. The van der Waals surface area contributed by atoms with E-state index in [-0.39, 0.29) is 24.2 Å². The van der Waals surface area contributed by atoms with Crippen LogP contribution in [0.3, 0.4) is 0 Å². The largest absolute Gasteiger partial charge is 0.497 e. The Kier molecular flexibility index (Phi) is 5.96. The van der Waals surface area contributed by atoms with Crippen molar-refractivity contribution in [3.63, 3.8) is 0 Å². The first kappa shape index (κ1) is 19.0. The molecule has 7 heteroatoms. The van der Waals surface area contributed by atoms with Crippen LogP contribution in [0.2, 0.25) is 0 Å². The molecule has 0 bridgehead atoms. The lowest BCUT2D eigenvalue weighted by Crippen LogP contribution is -2.11. The quantitative estimate of drug-likeness (QED) is 0.645. The Hall–Kier alpha value is -3.74. The van der Waals surface area contributed by atoms with Gasteiger partial charge in [-0.15, -0.1) is 0 Å². The molecule has 0 aliphatic carbocycles. The smallest absolute Gasteiger partial charge is 0.291 e. The van der Waals surface area contributed by atoms with Gasteiger partial charge in [-0.05, 0) is 60.7 Å². The average molecular weight is 380 g/mol. The molecule has 0 aliphatic heterocycles. The molecule has 2 aromatic carbocycles. The Balaban J connectivity index is 1.55. The highest BCUT2D eigenvalue weighted by Crippen LogP contribution is 2.19. The summed E-state index contributed by atoms with van der Waals surface area (Å²) in [6, 6.07) is 17.3. The number of benzene rings is 2. The lowest BCUT2D eigenvalue weighted by atomic mass is 10.2. The van der Waals surface area contributed by atoms with E-state index in [0.717, 1.165) is 5.75 Å². The molecule has 0 radical (unpaired) electrons. The van der Waals surface area contributed by atoms with Crippen molar-refractivity contribution >= 4 is 23.2 Å². The summed E-state index contributed by atoms with van der Waals surface area (Å²) >= 11 is 0. The average Bonchev–Trinajstić information content (AvgIpc) is 3.17. The highest BCUT2D eigenvalue weighted by Gasteiger charge is 2.12. The van der Waals surface area contributed by atoms with Crippen LogP contribution < -0.4 is 20.1 Å². The van der Waals surface area contributed by atoms with Crippen molar-refractivity contribution in [2.24, 2.45) is 0 Å². The predicted octanol–water partition coefficient (Wildman–Crippen LogP) is 4.08. The summed E-state index contributed by atoms with van der Waals surface area (Å²) in [6.45, 7) is 1.63. The van der Waals surface area contributed by atoms with E-state index in [9.17, 15) is 9.59 Å². The van der Waals surface area contributed by atoms with E-state index < -0.39 is 0 Å². The zero-order valence-corrected chi connectivity index (χ0v) is 15.5. The third kappa shape index (κ3) is 5.14. The summed E-state index contributed by atoms with van der Waals surface area (Å²) in [5.41, 5.74) is 1.24. The second-order valence-electron chi connectivity index (χ2n) is 5.94. The molecule has 144 valence electrons. The van der Waals surface area contributed by atoms with Crippen molar-refractivity contribution in [2.45, 2.75) is 13.5 Å². The van der Waals surface area contributed by atoms with Gasteiger partial charge in [0.2, 0.25) is 5.91 Å². The minimum atomic E-state index is -0.372. The van der Waals surface area contributed by atoms with Crippen molar-refractivity contribution < 1.29 is 23.5 Å². The van der Waals surface area contributed by atoms with Gasteiger partial charge in [-0.1, -0.05) is 0 Å². The minimum Gasteiger partial charge on any atom is -0.497 e. The van der Waals surface area contributed by atoms with Gasteiger partial charge >= 0.3 is 0 Å². The van der Waals surface area contributed by atoms with Crippen LogP contribution in [0.5, 0.6) is 11.5 Å². The van der Waals surface area contributed by atoms with Crippen molar-refractivity contribution in [2.75, 3.05) is 17.7 Å². The van der Waals surface area contributed by atoms with E-state index in [4.69, 9.17) is 13.9 Å². The fourth-order valence-electron chi connectivity index (χ4n) is 2.44. The molecule has 2 N–H and O–H groups in total. The number of rotatable bonds is 7. The Morgan fingerprint density at radius 2 is 1.46 bits per heavy atom. The lowest BCUT2D eigenvalue weighted by Gasteiger charge is -2.06. The molecule has 1 heterocycles. The van der Waals surface area contributed by atoms with Crippen LogP contribution in [-0.2, 0) is 11.4 Å². The normalized spacial score (nSPS) is 10.2. The summed E-state index contributed by atoms with van der Waals surface area (Å²) in [5.74, 6) is 1.60. The Morgan fingerprint density at radius 1 is 0.857 bits per heavy atom. The van der Waals surface area contributed by atoms with Gasteiger partial charge in [-0.3, -0.25) is 9.59 Å². The van der Waals surface area contributed by atoms with Gasteiger partial charge in [0.05, 0.1) is 7.11 Å². The number of anilines is 2. The number of carbonyl (C=O) groups excluding carboxylic acids is 2. The summed E-state index contributed by atoms with van der Waals surface area (Å²) < 4.78 is 16.3. The van der Waals surface area contributed by atoms with Gasteiger partial charge in [0, 0.05) is 18.3 Å². The van der Waals surface area contributed by atoms with E-state index in [1.54, 1.807) is 67.8 Å². The summed E-state index contributed by atoms with van der Waals surface area (Å²) in [4.78, 5) is 23.3. The number of carbonyl (C=O) groups is 2. The molecule has 2 amide bonds. The van der Waals surface area contributed by atoms with Gasteiger partial charge in [-0.2, -0.15) is 0 Å². The van der Waals surface area contributed by atoms with Crippen LogP contribution >= 0.6 is 0 Å². The second-order valence-corrected chi connectivity index (χ2v) is 5.94. The Bertz CT molecular complexity index is 946. The van der Waals surface area contributed by atoms with Crippen LogP contribution in [0.15, 0.2) is 65.1 Å². The van der Waals surface area contributed by atoms with Gasteiger partial charge in [0.25, 0.3) is 5.91 Å². The fourth-order valence-corrected chi connectivity index (χ4v) is 2.44. The topological polar surface area (TPSA) is 89.8 Å². The van der Waals surface area contributed by atoms with Crippen LogP contribution in [0.25, 0.3) is 0 Å². The molecule has 1 aromatic heterocycles. The summed E-state index contributed by atoms with van der Waals surface area (Å²) in [6.07, 6.45) is 0. The zero-order valence-electron chi connectivity index (χ0n) is 15.5. The molecule has 0 unspecified atom stereocenters. The number of methoxy groups -OCH3 is 1. The van der Waals surface area contributed by atoms with E-state index in [0.29, 0.717) is 22.9 Å². The highest BCUT2D eigenvalue weighted by atomic mass is 16.5. The molecule has 0 spiro atoms. The summed E-state index contributed by atoms with van der Waals surface area (Å²) in [5, 5.41) is 5.40. The summed E-state index contributed by atoms with van der Waals surface area (Å²) in [7, 11) is 1.60. The van der Waals surface area contributed by atoms with Crippen molar-refractivity contribution in [1.29, 1.82) is 0 Å². The fraction of sp³-hybridized carbons (Fsp3) is 0.143. The zero-order chi connectivity index (χ0) is 19.9. The number of amides is 2. The molecule has 3 aromatic rings. The van der Waals surface area contributed by atoms with Crippen LogP contribution in [-0.4, -0.2) is 18.9 Å². The highest BCUT2D eigenvalue weighted by molar-refractivity contribution is 6.02. The SMILES string of the molecule is COc1ccc(OCc2ccc(C(=O)Nc3ccc(NC(C)=O)cc3)o2)cc1. The third-order valence-corrected chi connectivity index (χ3v) is 3.79. The van der Waals surface area contributed by atoms with E-state index in [2.05, 4.69) is 10.6 Å². The number of ether oxygens (including phenoxy) is 2. The Morgan fingerprint density at radius 3 is 2.07 bits per heavy atom. The van der Waals surface area contributed by atoms with Crippen molar-refractivity contribution in [3.05, 3.63) is 72.2 Å². The number of nitrogens with one attached hydrogen (secondary N) is 2. The predicted molar refractivity (Wildman–Crippen MR) is 105 cm³/mol. The van der Waals surface area contributed by atoms with Crippen LogP contribution in [0, 0.1) is 0 Å². The molecule has 0 aliphatic rings. The van der Waals surface area contributed by atoms with Gasteiger partial charge in [-0.25, -0.2) is 0 Å². The maximum Gasteiger partial charge on any atom is 0.291 e. The molecule has 0 saturated heterocycles. The lowest BCUT2D eigenvalue weighted by molar-refractivity contribution is -0.114. The number of hydrogen-bond donors (Lipinski definition) is 2. The van der Waals surface area contributed by atoms with Gasteiger partial charge in [0.1, 0.15) is 23.9 Å². The van der Waals surface area contributed by atoms with E-state index >= 15 is 0 Å². The van der Waals surface area contributed by atoms with E-state index in [1.165, 1.54) is 6.92 Å². The standard InChI is InChI=1S/C21H20N2O5/c1-14(24)22-15-3-5-16(6-4-15)23-21(25)20-12-11-19(28-20)13-27-18-9-7-17(26-2)8-10-18/h3-12H,13H2,1-2H3,(H,22,24)(H,23,25). The molecule has 3 rings (SSSR count). The Labute approximate surface area is 162 Å². The molecular weight excluding hydrogens is 360 g/mol.